The highest BCUT2D eigenvalue weighted by Gasteiger charge is 2.33. The number of hydrogen-bond donors (Lipinski definition) is 1. The zero-order valence-electron chi connectivity index (χ0n) is 19.4. The molecular weight excluding hydrogens is 460 g/mol. The van der Waals surface area contributed by atoms with Gasteiger partial charge in [0.15, 0.2) is 0 Å². The lowest BCUT2D eigenvalue weighted by Crippen LogP contribution is -2.56. The molecule has 0 aliphatic carbocycles. The summed E-state index contributed by atoms with van der Waals surface area (Å²) in [6.45, 7) is 9.63. The molecule has 1 aromatic carbocycles. The molecule has 3 heterocycles. The van der Waals surface area contributed by atoms with Crippen molar-refractivity contribution in [1.29, 1.82) is 0 Å². The van der Waals surface area contributed by atoms with Crippen molar-refractivity contribution >= 4 is 40.4 Å². The topological polar surface area (TPSA) is 74.8 Å². The number of piperazine rings is 1. The lowest BCUT2D eigenvalue weighted by Gasteiger charge is -2.41. The third-order valence-corrected chi connectivity index (χ3v) is 7.55. The molecule has 7 nitrogen and oxygen atoms in total. The Morgan fingerprint density at radius 2 is 2.09 bits per heavy atom. The van der Waals surface area contributed by atoms with E-state index in [1.54, 1.807) is 12.3 Å². The number of anilines is 1. The lowest BCUT2D eigenvalue weighted by atomic mass is 10.0. The van der Waals surface area contributed by atoms with Gasteiger partial charge >= 0.3 is 0 Å². The molecule has 0 saturated carbocycles. The SMILES string of the molecule is Cc1ncc(C(=O)Nc2cc(Cl)cc(CN3CCN(C(=O)C4CCCCO4)C(C)C3)c2C)s1. The van der Waals surface area contributed by atoms with E-state index in [9.17, 15) is 9.59 Å². The zero-order chi connectivity index (χ0) is 23.5. The number of halogens is 1. The predicted octanol–water partition coefficient (Wildman–Crippen LogP) is 4.27. The van der Waals surface area contributed by atoms with E-state index >= 15 is 0 Å². The van der Waals surface area contributed by atoms with Crippen molar-refractivity contribution in [3.05, 3.63) is 44.4 Å². The Balaban J connectivity index is 1.41. The molecule has 2 saturated heterocycles. The van der Waals surface area contributed by atoms with Crippen LogP contribution in [-0.2, 0) is 16.1 Å². The van der Waals surface area contributed by atoms with E-state index in [0.29, 0.717) is 35.3 Å². The summed E-state index contributed by atoms with van der Waals surface area (Å²) in [7, 11) is 0. The maximum absolute atomic E-state index is 12.9. The summed E-state index contributed by atoms with van der Waals surface area (Å²) >= 11 is 7.77. The quantitative estimate of drug-likeness (QED) is 0.677. The maximum Gasteiger partial charge on any atom is 0.267 e. The van der Waals surface area contributed by atoms with Crippen LogP contribution in [0.3, 0.4) is 0 Å². The predicted molar refractivity (Wildman–Crippen MR) is 131 cm³/mol. The summed E-state index contributed by atoms with van der Waals surface area (Å²) < 4.78 is 5.71. The van der Waals surface area contributed by atoms with Crippen LogP contribution < -0.4 is 5.32 Å². The summed E-state index contributed by atoms with van der Waals surface area (Å²) in [5, 5.41) is 4.43. The van der Waals surface area contributed by atoms with Crippen LogP contribution in [0.25, 0.3) is 0 Å². The maximum atomic E-state index is 12.9. The average Bonchev–Trinajstić information content (AvgIpc) is 3.23. The van der Waals surface area contributed by atoms with E-state index in [2.05, 4.69) is 22.1 Å². The summed E-state index contributed by atoms with van der Waals surface area (Å²) in [5.74, 6) is -0.0494. The fourth-order valence-electron chi connectivity index (χ4n) is 4.55. The first-order chi connectivity index (χ1) is 15.8. The van der Waals surface area contributed by atoms with Crippen LogP contribution in [0.15, 0.2) is 18.3 Å². The molecule has 2 unspecified atom stereocenters. The van der Waals surface area contributed by atoms with E-state index in [4.69, 9.17) is 16.3 Å². The van der Waals surface area contributed by atoms with Gasteiger partial charge in [-0.1, -0.05) is 11.6 Å². The third kappa shape index (κ3) is 5.74. The van der Waals surface area contributed by atoms with Gasteiger partial charge in [0.2, 0.25) is 0 Å². The van der Waals surface area contributed by atoms with Gasteiger partial charge in [0, 0.05) is 49.5 Å². The molecule has 2 aliphatic heterocycles. The minimum absolute atomic E-state index is 0.116. The van der Waals surface area contributed by atoms with Crippen LogP contribution in [0.4, 0.5) is 5.69 Å². The third-order valence-electron chi connectivity index (χ3n) is 6.42. The number of rotatable bonds is 5. The molecule has 2 fully saturated rings. The van der Waals surface area contributed by atoms with Crippen molar-refractivity contribution in [2.24, 2.45) is 0 Å². The molecule has 2 amide bonds. The van der Waals surface area contributed by atoms with Gasteiger partial charge < -0.3 is 15.0 Å². The van der Waals surface area contributed by atoms with Gasteiger partial charge in [-0.15, -0.1) is 11.3 Å². The molecule has 0 spiro atoms. The normalized spacial score (nSPS) is 21.8. The Morgan fingerprint density at radius 1 is 1.27 bits per heavy atom. The van der Waals surface area contributed by atoms with Gasteiger partial charge in [0.1, 0.15) is 11.0 Å². The van der Waals surface area contributed by atoms with Gasteiger partial charge in [-0.05, 0) is 63.3 Å². The van der Waals surface area contributed by atoms with Crippen LogP contribution in [0.5, 0.6) is 0 Å². The van der Waals surface area contributed by atoms with Crippen molar-refractivity contribution in [3.8, 4) is 0 Å². The molecule has 2 aliphatic rings. The zero-order valence-corrected chi connectivity index (χ0v) is 21.0. The second-order valence-corrected chi connectivity index (χ2v) is 10.6. The summed E-state index contributed by atoms with van der Waals surface area (Å²) in [6.07, 6.45) is 4.23. The number of carbonyl (C=O) groups excluding carboxylic acids is 2. The molecule has 33 heavy (non-hydrogen) atoms. The highest BCUT2D eigenvalue weighted by atomic mass is 35.5. The van der Waals surface area contributed by atoms with E-state index in [0.717, 1.165) is 48.5 Å². The minimum atomic E-state index is -0.281. The Hall–Kier alpha value is -2.00. The largest absolute Gasteiger partial charge is 0.368 e. The number of aryl methyl sites for hydroxylation is 1. The van der Waals surface area contributed by atoms with E-state index < -0.39 is 0 Å². The van der Waals surface area contributed by atoms with E-state index in [-0.39, 0.29) is 24.0 Å². The molecule has 1 aromatic heterocycles. The fourth-order valence-corrected chi connectivity index (χ4v) is 5.46. The number of thiazole rings is 1. The minimum Gasteiger partial charge on any atom is -0.368 e. The van der Waals surface area contributed by atoms with Crippen molar-refractivity contribution < 1.29 is 14.3 Å². The van der Waals surface area contributed by atoms with E-state index in [1.807, 2.05) is 24.8 Å². The average molecular weight is 491 g/mol. The first-order valence-corrected chi connectivity index (χ1v) is 12.7. The molecule has 178 valence electrons. The molecule has 0 radical (unpaired) electrons. The molecule has 4 rings (SSSR count). The first-order valence-electron chi connectivity index (χ1n) is 11.5. The highest BCUT2D eigenvalue weighted by Crippen LogP contribution is 2.28. The second-order valence-electron chi connectivity index (χ2n) is 8.91. The molecule has 0 bridgehead atoms. The Morgan fingerprint density at radius 3 is 2.76 bits per heavy atom. The summed E-state index contributed by atoms with van der Waals surface area (Å²) in [5.41, 5.74) is 2.78. The number of carbonyl (C=O) groups is 2. The van der Waals surface area contributed by atoms with Crippen LogP contribution >= 0.6 is 22.9 Å². The van der Waals surface area contributed by atoms with Gasteiger partial charge in [0.05, 0.1) is 11.2 Å². The van der Waals surface area contributed by atoms with Crippen molar-refractivity contribution in [3.63, 3.8) is 0 Å². The monoisotopic (exact) mass is 490 g/mol. The van der Waals surface area contributed by atoms with Crippen molar-refractivity contribution in [1.82, 2.24) is 14.8 Å². The van der Waals surface area contributed by atoms with E-state index in [1.165, 1.54) is 11.3 Å². The number of ether oxygens (including phenoxy) is 1. The number of hydrogen-bond acceptors (Lipinski definition) is 6. The standard InChI is InChI=1S/C24H31ClN4O3S/c1-15-13-28(7-8-29(15)24(31)21-6-4-5-9-32-21)14-18-10-19(25)11-20(16(18)2)27-23(30)22-12-26-17(3)33-22/h10-12,15,21H,4-9,13-14H2,1-3H3,(H,27,30). The number of nitrogens with one attached hydrogen (secondary N) is 1. The number of amides is 2. The highest BCUT2D eigenvalue weighted by molar-refractivity contribution is 7.13. The molecular formula is C24H31ClN4O3S. The lowest BCUT2D eigenvalue weighted by molar-refractivity contribution is -0.151. The Kier molecular flexibility index (Phi) is 7.69. The van der Waals surface area contributed by atoms with Crippen molar-refractivity contribution in [2.45, 2.75) is 58.7 Å². The van der Waals surface area contributed by atoms with Gasteiger partial charge in [-0.25, -0.2) is 4.98 Å². The molecule has 1 N–H and O–H groups in total. The van der Waals surface area contributed by atoms with Gasteiger partial charge in [-0.3, -0.25) is 14.5 Å². The van der Waals surface area contributed by atoms with Crippen LogP contribution in [0, 0.1) is 13.8 Å². The Bertz CT molecular complexity index is 1020. The van der Waals surface area contributed by atoms with Crippen LogP contribution in [0.1, 0.15) is 52.0 Å². The fraction of sp³-hybridized carbons (Fsp3) is 0.542. The number of nitrogens with zero attached hydrogens (tertiary/aromatic N) is 3. The van der Waals surface area contributed by atoms with Crippen LogP contribution in [-0.4, -0.2) is 65.0 Å². The molecule has 2 atom stereocenters. The smallest absolute Gasteiger partial charge is 0.267 e. The number of aromatic nitrogens is 1. The second kappa shape index (κ2) is 10.5. The summed E-state index contributed by atoms with van der Waals surface area (Å²) in [6, 6.07) is 3.86. The molecule has 2 aromatic rings. The summed E-state index contributed by atoms with van der Waals surface area (Å²) in [4.78, 5) is 34.6. The first kappa shape index (κ1) is 24.1. The van der Waals surface area contributed by atoms with Gasteiger partial charge in [-0.2, -0.15) is 0 Å². The Labute approximate surface area is 204 Å². The van der Waals surface area contributed by atoms with Crippen molar-refractivity contribution in [2.75, 3.05) is 31.6 Å². The van der Waals surface area contributed by atoms with Gasteiger partial charge in [0.25, 0.3) is 11.8 Å². The molecule has 9 heteroatoms. The van der Waals surface area contributed by atoms with Crippen LogP contribution in [0.2, 0.25) is 5.02 Å². The number of benzene rings is 1.